The Kier molecular flexibility index (Phi) is 4.18. The first-order valence-corrected chi connectivity index (χ1v) is 5.17. The second-order valence-corrected chi connectivity index (χ2v) is 4.63. The lowest BCUT2D eigenvalue weighted by atomic mass is 10.0. The lowest BCUT2D eigenvalue weighted by Crippen LogP contribution is -2.59. The standard InChI is InChI=1S/C5H2F10O3S/c6-2(7,5(13,14)15)1(3(8,9)10)4(11,12)19(16,17)18/h1H,(H,16,17,18). The third kappa shape index (κ3) is 3.21. The van der Waals surface area contributed by atoms with E-state index in [0.717, 1.165) is 0 Å². The lowest BCUT2D eigenvalue weighted by molar-refractivity contribution is -0.368. The zero-order valence-electron chi connectivity index (χ0n) is 8.03. The van der Waals surface area contributed by atoms with Gasteiger partial charge in [0.05, 0.1) is 0 Å². The van der Waals surface area contributed by atoms with Crippen molar-refractivity contribution in [1.29, 1.82) is 0 Å². The van der Waals surface area contributed by atoms with Crippen molar-refractivity contribution in [2.24, 2.45) is 5.92 Å². The third-order valence-electron chi connectivity index (χ3n) is 1.75. The molecule has 0 aliphatic rings. The molecule has 0 saturated heterocycles. The first-order valence-electron chi connectivity index (χ1n) is 3.73. The highest BCUT2D eigenvalue weighted by Gasteiger charge is 2.80. The fourth-order valence-electron chi connectivity index (χ4n) is 0.920. The van der Waals surface area contributed by atoms with Crippen molar-refractivity contribution < 1.29 is 56.9 Å². The van der Waals surface area contributed by atoms with Crippen LogP contribution in [0.15, 0.2) is 0 Å². The second kappa shape index (κ2) is 4.36. The van der Waals surface area contributed by atoms with Gasteiger partial charge < -0.3 is 0 Å². The first kappa shape index (κ1) is 18.2. The molecule has 0 bridgehead atoms. The van der Waals surface area contributed by atoms with Crippen molar-refractivity contribution in [3.05, 3.63) is 0 Å². The summed E-state index contributed by atoms with van der Waals surface area (Å²) in [7, 11) is -7.16. The third-order valence-corrected chi connectivity index (χ3v) is 2.67. The van der Waals surface area contributed by atoms with E-state index in [1.54, 1.807) is 0 Å². The summed E-state index contributed by atoms with van der Waals surface area (Å²) in [5.74, 6) is -13.1. The van der Waals surface area contributed by atoms with Gasteiger partial charge in [-0.3, -0.25) is 4.55 Å². The summed E-state index contributed by atoms with van der Waals surface area (Å²) in [6, 6.07) is 0. The Balaban J connectivity index is 6.20. The summed E-state index contributed by atoms with van der Waals surface area (Å²) in [6.07, 6.45) is -14.1. The van der Waals surface area contributed by atoms with Gasteiger partial charge in [-0.05, 0) is 0 Å². The molecule has 0 aromatic rings. The Hall–Kier alpha value is -0.790. The average molecular weight is 332 g/mol. The predicted molar refractivity (Wildman–Crippen MR) is 37.0 cm³/mol. The Bertz CT molecular complexity index is 431. The summed E-state index contributed by atoms with van der Waals surface area (Å²) >= 11 is 0. The summed E-state index contributed by atoms with van der Waals surface area (Å²) in [5, 5.41) is -6.79. The average Bonchev–Trinajstić information content (AvgIpc) is 1.93. The van der Waals surface area contributed by atoms with Crippen LogP contribution in [0.2, 0.25) is 0 Å². The minimum Gasteiger partial charge on any atom is -0.281 e. The Labute approximate surface area is 97.5 Å². The monoisotopic (exact) mass is 332 g/mol. The van der Waals surface area contributed by atoms with Crippen LogP contribution in [0.1, 0.15) is 0 Å². The van der Waals surface area contributed by atoms with Gasteiger partial charge in [0.2, 0.25) is 5.92 Å². The van der Waals surface area contributed by atoms with Gasteiger partial charge >= 0.3 is 33.6 Å². The van der Waals surface area contributed by atoms with Crippen LogP contribution < -0.4 is 0 Å². The van der Waals surface area contributed by atoms with Crippen LogP contribution in [-0.4, -0.2) is 36.5 Å². The van der Waals surface area contributed by atoms with Crippen molar-refractivity contribution in [1.82, 2.24) is 0 Å². The van der Waals surface area contributed by atoms with Crippen LogP contribution in [-0.2, 0) is 10.1 Å². The summed E-state index contributed by atoms with van der Waals surface area (Å²) < 4.78 is 148. The second-order valence-electron chi connectivity index (χ2n) is 3.13. The number of rotatable bonds is 3. The highest BCUT2D eigenvalue weighted by molar-refractivity contribution is 7.86. The molecular formula is C5H2F10O3S. The van der Waals surface area contributed by atoms with E-state index in [-0.39, 0.29) is 0 Å². The van der Waals surface area contributed by atoms with Crippen LogP contribution in [0.3, 0.4) is 0 Å². The zero-order chi connectivity index (χ0) is 16.1. The van der Waals surface area contributed by atoms with E-state index in [9.17, 15) is 52.3 Å². The molecule has 0 aromatic carbocycles. The van der Waals surface area contributed by atoms with Crippen molar-refractivity contribution >= 4 is 10.1 Å². The molecule has 0 rings (SSSR count). The molecule has 1 unspecified atom stereocenters. The molecule has 1 atom stereocenters. The first-order chi connectivity index (χ1) is 7.87. The molecule has 19 heavy (non-hydrogen) atoms. The molecule has 0 saturated carbocycles. The molecule has 0 heterocycles. The summed E-state index contributed by atoms with van der Waals surface area (Å²) in [6.45, 7) is 0. The fourth-order valence-corrected chi connectivity index (χ4v) is 1.50. The molecule has 0 fully saturated rings. The largest absolute Gasteiger partial charge is 0.454 e. The Morgan fingerprint density at radius 3 is 1.26 bits per heavy atom. The normalized spacial score (nSPS) is 17.4. The highest BCUT2D eigenvalue weighted by atomic mass is 32.2. The minimum absolute atomic E-state index is 5.98. The SMILES string of the molecule is O=S(=O)(O)C(F)(F)C(C(F)(F)F)C(F)(F)C(F)(F)F. The quantitative estimate of drug-likeness (QED) is 0.639. The molecule has 0 aliphatic heterocycles. The van der Waals surface area contributed by atoms with Crippen LogP contribution in [0.25, 0.3) is 0 Å². The summed E-state index contributed by atoms with van der Waals surface area (Å²) in [4.78, 5) is 0. The van der Waals surface area contributed by atoms with E-state index in [1.165, 1.54) is 0 Å². The zero-order valence-corrected chi connectivity index (χ0v) is 8.85. The van der Waals surface area contributed by atoms with Gasteiger partial charge in [0.25, 0.3) is 0 Å². The molecule has 0 aliphatic carbocycles. The molecular weight excluding hydrogens is 330 g/mol. The van der Waals surface area contributed by atoms with E-state index < -0.39 is 39.6 Å². The van der Waals surface area contributed by atoms with Gasteiger partial charge in [0, 0.05) is 0 Å². The van der Waals surface area contributed by atoms with Crippen LogP contribution in [0.4, 0.5) is 43.9 Å². The highest BCUT2D eigenvalue weighted by Crippen LogP contribution is 2.54. The summed E-state index contributed by atoms with van der Waals surface area (Å²) in [5.41, 5.74) is 0. The van der Waals surface area contributed by atoms with Crippen molar-refractivity contribution in [3.8, 4) is 0 Å². The molecule has 0 aromatic heterocycles. The van der Waals surface area contributed by atoms with Crippen LogP contribution >= 0.6 is 0 Å². The molecule has 0 amide bonds. The smallest absolute Gasteiger partial charge is 0.281 e. The Morgan fingerprint density at radius 1 is 0.789 bits per heavy atom. The van der Waals surface area contributed by atoms with Gasteiger partial charge in [-0.15, -0.1) is 0 Å². The van der Waals surface area contributed by atoms with Crippen molar-refractivity contribution in [2.45, 2.75) is 23.5 Å². The minimum atomic E-state index is -7.16. The van der Waals surface area contributed by atoms with E-state index in [0.29, 0.717) is 0 Å². The van der Waals surface area contributed by atoms with Crippen LogP contribution in [0.5, 0.6) is 0 Å². The van der Waals surface area contributed by atoms with E-state index in [2.05, 4.69) is 0 Å². The van der Waals surface area contributed by atoms with E-state index in [1.807, 2.05) is 0 Å². The number of alkyl halides is 10. The lowest BCUT2D eigenvalue weighted by Gasteiger charge is -2.33. The van der Waals surface area contributed by atoms with Gasteiger partial charge in [0.1, 0.15) is 0 Å². The number of halogens is 10. The van der Waals surface area contributed by atoms with Gasteiger partial charge in [0.15, 0.2) is 0 Å². The van der Waals surface area contributed by atoms with Gasteiger partial charge in [-0.1, -0.05) is 0 Å². The maximum absolute atomic E-state index is 12.6. The molecule has 0 radical (unpaired) electrons. The molecule has 3 nitrogen and oxygen atoms in total. The van der Waals surface area contributed by atoms with Crippen LogP contribution in [0, 0.1) is 5.92 Å². The van der Waals surface area contributed by atoms with Gasteiger partial charge in [-0.25, -0.2) is 0 Å². The maximum atomic E-state index is 12.6. The van der Waals surface area contributed by atoms with Gasteiger partial charge in [-0.2, -0.15) is 52.3 Å². The van der Waals surface area contributed by atoms with Crippen molar-refractivity contribution in [2.75, 3.05) is 0 Å². The maximum Gasteiger partial charge on any atom is 0.454 e. The van der Waals surface area contributed by atoms with E-state index in [4.69, 9.17) is 4.55 Å². The number of hydrogen-bond donors (Lipinski definition) is 1. The fraction of sp³-hybridized carbons (Fsp3) is 1.00. The predicted octanol–water partition coefficient (Wildman–Crippen LogP) is 2.84. The molecule has 14 heteroatoms. The number of hydrogen-bond acceptors (Lipinski definition) is 2. The molecule has 0 spiro atoms. The van der Waals surface area contributed by atoms with E-state index >= 15 is 0 Å². The van der Waals surface area contributed by atoms with Crippen molar-refractivity contribution in [3.63, 3.8) is 0 Å². The topological polar surface area (TPSA) is 54.4 Å². The Morgan fingerprint density at radius 2 is 1.11 bits per heavy atom. The molecule has 116 valence electrons. The molecule has 1 N–H and O–H groups in total.